The van der Waals surface area contributed by atoms with E-state index >= 15 is 0 Å². The van der Waals surface area contributed by atoms with Gasteiger partial charge in [-0.25, -0.2) is 9.69 Å². The maximum Gasteiger partial charge on any atom is 0.347 e. The smallest absolute Gasteiger partial charge is 0.347 e. The summed E-state index contributed by atoms with van der Waals surface area (Å²) in [5, 5.41) is 13.7. The number of nitriles is 1. The van der Waals surface area contributed by atoms with Gasteiger partial charge in [-0.1, -0.05) is 59.7 Å². The van der Waals surface area contributed by atoms with Crippen LogP contribution in [0.1, 0.15) is 69.0 Å². The third kappa shape index (κ3) is 9.41. The van der Waals surface area contributed by atoms with Crippen LogP contribution in [-0.2, 0) is 19.6 Å². The Balaban J connectivity index is 1.75. The van der Waals surface area contributed by atoms with E-state index in [0.717, 1.165) is 5.56 Å². The molecular formula is C41H51N7O8P+. The summed E-state index contributed by atoms with van der Waals surface area (Å²) in [6.07, 6.45) is -2.61. The Kier molecular flexibility index (Phi) is 14.3. The predicted octanol–water partition coefficient (Wildman–Crippen LogP) is 7.01. The fraction of sp³-hybridized carbons (Fsp3) is 0.439. The monoisotopic (exact) mass is 800 g/mol. The Labute approximate surface area is 332 Å². The zero-order valence-corrected chi connectivity index (χ0v) is 34.2. The number of aryl methyl sites for hydroxylation is 1. The summed E-state index contributed by atoms with van der Waals surface area (Å²) in [6, 6.07) is 26.2. The van der Waals surface area contributed by atoms with Gasteiger partial charge in [-0.3, -0.25) is 14.3 Å². The SMILES string of the molecule is COc1ccc(C(O[C@@H](CN=[N+]=[N-])[C@H]2O[C@@H](n3cc(C)c(=O)[nH]c3=O)C[C@@H]2O[P+](O)(CCC#N)N(C(C)C)C(C)C)(c2ccccc2)c2ccc(OC)cc2)cc1. The lowest BCUT2D eigenvalue weighted by Crippen LogP contribution is -2.47. The van der Waals surface area contributed by atoms with Gasteiger partial charge in [0.05, 0.1) is 39.4 Å². The van der Waals surface area contributed by atoms with Crippen LogP contribution in [-0.4, -0.2) is 76.4 Å². The van der Waals surface area contributed by atoms with E-state index in [1.54, 1.807) is 21.1 Å². The number of nitrogens with one attached hydrogen (secondary N) is 1. The molecule has 3 aromatic carbocycles. The molecule has 57 heavy (non-hydrogen) atoms. The molecule has 1 aliphatic heterocycles. The summed E-state index contributed by atoms with van der Waals surface area (Å²) in [5.41, 5.74) is 9.55. The summed E-state index contributed by atoms with van der Waals surface area (Å²) in [7, 11) is -0.388. The summed E-state index contributed by atoms with van der Waals surface area (Å²) in [5.74, 6) is 1.25. The highest BCUT2D eigenvalue weighted by atomic mass is 31.2. The summed E-state index contributed by atoms with van der Waals surface area (Å²) in [4.78, 5) is 43.8. The van der Waals surface area contributed by atoms with Crippen LogP contribution >= 0.6 is 7.87 Å². The average molecular weight is 801 g/mol. The Hall–Kier alpha value is -5.03. The van der Waals surface area contributed by atoms with Gasteiger partial charge in [0.2, 0.25) is 0 Å². The molecule has 1 aromatic heterocycles. The highest BCUT2D eigenvalue weighted by Crippen LogP contribution is 2.64. The number of H-pyrrole nitrogens is 1. The second-order valence-electron chi connectivity index (χ2n) is 14.4. The van der Waals surface area contributed by atoms with Crippen molar-refractivity contribution < 1.29 is 28.4 Å². The van der Waals surface area contributed by atoms with E-state index in [1.807, 2.05) is 111 Å². The van der Waals surface area contributed by atoms with Gasteiger partial charge in [0.25, 0.3) is 5.56 Å². The molecule has 15 nitrogen and oxygen atoms in total. The molecule has 1 unspecified atom stereocenters. The van der Waals surface area contributed by atoms with E-state index in [0.29, 0.717) is 22.6 Å². The highest BCUT2D eigenvalue weighted by Gasteiger charge is 2.56. The van der Waals surface area contributed by atoms with Crippen LogP contribution < -0.4 is 20.7 Å². The van der Waals surface area contributed by atoms with E-state index in [9.17, 15) is 25.3 Å². The molecule has 4 aromatic rings. The minimum absolute atomic E-state index is 0.0190. The van der Waals surface area contributed by atoms with Gasteiger partial charge in [-0.15, -0.1) is 4.67 Å². The first-order valence-corrected chi connectivity index (χ1v) is 20.6. The number of benzene rings is 3. The third-order valence-corrected chi connectivity index (χ3v) is 13.1. The van der Waals surface area contributed by atoms with E-state index in [4.69, 9.17) is 23.5 Å². The molecule has 1 aliphatic rings. The quantitative estimate of drug-likeness (QED) is 0.0347. The molecule has 0 radical (unpaired) electrons. The van der Waals surface area contributed by atoms with Crippen molar-refractivity contribution in [1.82, 2.24) is 14.2 Å². The third-order valence-electron chi connectivity index (χ3n) is 10.0. The first kappa shape index (κ1) is 43.1. The Morgan fingerprint density at radius 1 is 1.00 bits per heavy atom. The van der Waals surface area contributed by atoms with Crippen LogP contribution in [0.2, 0.25) is 0 Å². The average Bonchev–Trinajstić information content (AvgIpc) is 3.61. The number of aromatic amines is 1. The molecule has 2 N–H and O–H groups in total. The van der Waals surface area contributed by atoms with Crippen molar-refractivity contribution in [2.75, 3.05) is 26.9 Å². The van der Waals surface area contributed by atoms with Crippen molar-refractivity contribution in [3.63, 3.8) is 0 Å². The molecule has 5 atom stereocenters. The largest absolute Gasteiger partial charge is 0.497 e. The molecule has 1 fully saturated rings. The van der Waals surface area contributed by atoms with Gasteiger partial charge in [-0.2, -0.15) is 9.79 Å². The second kappa shape index (κ2) is 18.9. The fourth-order valence-electron chi connectivity index (χ4n) is 7.60. The normalized spacial score (nSPS) is 18.5. The first-order valence-electron chi connectivity index (χ1n) is 18.8. The van der Waals surface area contributed by atoms with Crippen LogP contribution in [0.5, 0.6) is 11.5 Å². The van der Waals surface area contributed by atoms with Gasteiger partial charge < -0.3 is 18.9 Å². The molecular weight excluding hydrogens is 749 g/mol. The fourth-order valence-corrected chi connectivity index (χ4v) is 10.5. The lowest BCUT2D eigenvalue weighted by atomic mass is 9.79. The molecule has 5 rings (SSSR count). The minimum atomic E-state index is -3.55. The van der Waals surface area contributed by atoms with Crippen molar-refractivity contribution in [1.29, 1.82) is 5.26 Å². The number of hydrogen-bond donors (Lipinski definition) is 2. The van der Waals surface area contributed by atoms with Gasteiger partial charge in [0.1, 0.15) is 41.7 Å². The Morgan fingerprint density at radius 2 is 1.56 bits per heavy atom. The number of hydrogen-bond acceptors (Lipinski definition) is 11. The predicted molar refractivity (Wildman–Crippen MR) is 217 cm³/mol. The molecule has 0 aliphatic carbocycles. The van der Waals surface area contributed by atoms with Crippen molar-refractivity contribution >= 4 is 7.87 Å². The number of ether oxygens (including phenoxy) is 4. The van der Waals surface area contributed by atoms with E-state index in [1.165, 1.54) is 10.8 Å². The molecule has 0 spiro atoms. The number of azide groups is 1. The van der Waals surface area contributed by atoms with Crippen molar-refractivity contribution in [2.24, 2.45) is 5.11 Å². The standard InChI is InChI=1S/C41H50N7O8P/c1-27(2)48(28(3)4)57(51,23-11-22-42)56-35-24-37(47-26-29(5)39(49)45-40(47)50)54-38(35)36(25-44-46-43)55-41(30-12-9-8-10-13-30,31-14-18-33(52-6)19-15-31)32-16-20-34(53-7)21-17-32/h8-10,12-21,26-28,35-38,51H,11,23-25H2,1-7H3/p+1/t35-,36-,37+,38-,57?/m0/s1. The zero-order chi connectivity index (χ0) is 41.3. The van der Waals surface area contributed by atoms with Crippen molar-refractivity contribution in [2.45, 2.75) is 89.7 Å². The molecule has 302 valence electrons. The van der Waals surface area contributed by atoms with Crippen LogP contribution in [0.4, 0.5) is 0 Å². The topological polar surface area (TPSA) is 197 Å². The molecule has 16 heteroatoms. The Bertz CT molecular complexity index is 2100. The lowest BCUT2D eigenvalue weighted by Gasteiger charge is -2.41. The maximum atomic E-state index is 13.3. The second-order valence-corrected chi connectivity index (χ2v) is 16.8. The first-order chi connectivity index (χ1) is 27.3. The Morgan fingerprint density at radius 3 is 2.07 bits per heavy atom. The summed E-state index contributed by atoms with van der Waals surface area (Å²) < 4.78 is 35.3. The highest BCUT2D eigenvalue weighted by molar-refractivity contribution is 7.63. The van der Waals surface area contributed by atoms with Crippen molar-refractivity contribution in [3.8, 4) is 17.6 Å². The molecule has 1 saturated heterocycles. The van der Waals surface area contributed by atoms with E-state index in [-0.39, 0.29) is 43.2 Å². The number of rotatable bonds is 18. The molecule has 0 saturated carbocycles. The zero-order valence-electron chi connectivity index (χ0n) is 33.3. The number of nitrogens with zero attached hydrogens (tertiary/aromatic N) is 6. The van der Waals surface area contributed by atoms with Gasteiger partial charge in [0, 0.05) is 35.2 Å². The van der Waals surface area contributed by atoms with E-state index < -0.39 is 49.3 Å². The molecule has 2 heterocycles. The number of methoxy groups -OCH3 is 2. The maximum absolute atomic E-state index is 13.3. The van der Waals surface area contributed by atoms with Crippen LogP contribution in [0.25, 0.3) is 10.4 Å². The molecule has 0 amide bonds. The van der Waals surface area contributed by atoms with Crippen molar-refractivity contribution in [3.05, 3.63) is 139 Å². The van der Waals surface area contributed by atoms with Crippen LogP contribution in [0.15, 0.2) is 99.8 Å². The molecule has 0 bridgehead atoms. The van der Waals surface area contributed by atoms with Gasteiger partial charge in [-0.05, 0) is 81.1 Å². The number of aromatic nitrogens is 2. The van der Waals surface area contributed by atoms with Crippen LogP contribution in [0.3, 0.4) is 0 Å². The summed E-state index contributed by atoms with van der Waals surface area (Å²) >= 11 is 0. The minimum Gasteiger partial charge on any atom is -0.497 e. The van der Waals surface area contributed by atoms with E-state index in [2.05, 4.69) is 21.1 Å². The van der Waals surface area contributed by atoms with Gasteiger partial charge in [0.15, 0.2) is 0 Å². The lowest BCUT2D eigenvalue weighted by molar-refractivity contribution is -0.139. The van der Waals surface area contributed by atoms with Gasteiger partial charge >= 0.3 is 13.6 Å². The summed E-state index contributed by atoms with van der Waals surface area (Å²) in [6.45, 7) is 9.11. The van der Waals surface area contributed by atoms with Crippen LogP contribution in [0, 0.1) is 18.3 Å².